The van der Waals surface area contributed by atoms with Crippen LogP contribution in [0.2, 0.25) is 0 Å². The van der Waals surface area contributed by atoms with Crippen LogP contribution in [-0.2, 0) is 4.79 Å². The van der Waals surface area contributed by atoms with Crippen molar-refractivity contribution in [1.82, 2.24) is 0 Å². The molecule has 3 rings (SSSR count). The topological polar surface area (TPSA) is 58.6 Å². The van der Waals surface area contributed by atoms with Crippen molar-refractivity contribution in [2.75, 3.05) is 17.3 Å². The van der Waals surface area contributed by atoms with E-state index in [-0.39, 0.29) is 11.5 Å². The maximum Gasteiger partial charge on any atom is 0.267 e. The van der Waals surface area contributed by atoms with Crippen molar-refractivity contribution >= 4 is 23.2 Å². The Morgan fingerprint density at radius 3 is 2.54 bits per heavy atom. The fourth-order valence-electron chi connectivity index (χ4n) is 2.46. The van der Waals surface area contributed by atoms with Gasteiger partial charge in [0.15, 0.2) is 6.10 Å². The molecule has 0 bridgehead atoms. The highest BCUT2D eigenvalue weighted by atomic mass is 19.1. The second-order valence-electron chi connectivity index (χ2n) is 5.39. The summed E-state index contributed by atoms with van der Waals surface area (Å²) in [5.41, 5.74) is 0.167. The third-order valence-electron chi connectivity index (χ3n) is 3.77. The van der Waals surface area contributed by atoms with Crippen LogP contribution in [0.4, 0.5) is 20.2 Å². The van der Waals surface area contributed by atoms with E-state index >= 15 is 0 Å². The summed E-state index contributed by atoms with van der Waals surface area (Å²) in [7, 11) is 1.61. The molecule has 1 unspecified atom stereocenters. The second kappa shape index (κ2) is 5.92. The first kappa shape index (κ1) is 15.9. The zero-order valence-corrected chi connectivity index (χ0v) is 13.0. The Morgan fingerprint density at radius 1 is 1.21 bits per heavy atom. The number of nitrogens with zero attached hydrogens (tertiary/aromatic N) is 1. The number of carbonyl (C=O) groups is 2. The quantitative estimate of drug-likeness (QED) is 0.920. The van der Waals surface area contributed by atoms with E-state index in [1.54, 1.807) is 20.0 Å². The number of benzene rings is 2. The molecule has 0 aliphatic carbocycles. The average molecular weight is 332 g/mol. The summed E-state index contributed by atoms with van der Waals surface area (Å²) in [6.45, 7) is 1.60. The maximum atomic E-state index is 13.6. The lowest BCUT2D eigenvalue weighted by atomic mass is 10.1. The Hall–Kier alpha value is -2.96. The molecule has 2 amide bonds. The Balaban J connectivity index is 1.90. The zero-order chi connectivity index (χ0) is 17.4. The summed E-state index contributed by atoms with van der Waals surface area (Å²) in [4.78, 5) is 25.5. The molecular formula is C17H14F2N2O3. The van der Waals surface area contributed by atoms with Crippen LogP contribution in [0.15, 0.2) is 36.4 Å². The van der Waals surface area contributed by atoms with Crippen LogP contribution in [0.1, 0.15) is 17.3 Å². The van der Waals surface area contributed by atoms with Gasteiger partial charge in [-0.15, -0.1) is 0 Å². The smallest absolute Gasteiger partial charge is 0.267 e. The Morgan fingerprint density at radius 2 is 1.88 bits per heavy atom. The van der Waals surface area contributed by atoms with E-state index in [0.717, 1.165) is 12.1 Å². The van der Waals surface area contributed by atoms with Crippen LogP contribution >= 0.6 is 0 Å². The number of hydrogen-bond donors (Lipinski definition) is 1. The standard InChI is InChI=1S/C17H14F2N2O3/c1-9-17(23)21(2)13-7-6-10(8-14(13)24-9)16(22)20-15-11(18)4-3-5-12(15)19/h3-9H,1-2H3,(H,20,22). The number of fused-ring (bicyclic) bond motifs is 1. The summed E-state index contributed by atoms with van der Waals surface area (Å²) >= 11 is 0. The molecule has 1 aliphatic heterocycles. The molecular weight excluding hydrogens is 318 g/mol. The molecule has 124 valence electrons. The third-order valence-corrected chi connectivity index (χ3v) is 3.77. The molecule has 0 spiro atoms. The summed E-state index contributed by atoms with van der Waals surface area (Å²) in [6.07, 6.45) is -0.676. The number of carbonyl (C=O) groups excluding carboxylic acids is 2. The normalized spacial score (nSPS) is 16.4. The number of halogens is 2. The van der Waals surface area contributed by atoms with Crippen molar-refractivity contribution in [3.8, 4) is 5.75 Å². The molecule has 2 aromatic rings. The number of rotatable bonds is 2. The van der Waals surface area contributed by atoms with E-state index in [9.17, 15) is 18.4 Å². The molecule has 7 heteroatoms. The van der Waals surface area contributed by atoms with Crippen LogP contribution < -0.4 is 15.0 Å². The number of amides is 2. The molecule has 0 radical (unpaired) electrons. The number of hydrogen-bond acceptors (Lipinski definition) is 3. The third kappa shape index (κ3) is 2.68. The SMILES string of the molecule is CC1Oc2cc(C(=O)Nc3c(F)cccc3F)ccc2N(C)C1=O. The summed E-state index contributed by atoms with van der Waals surface area (Å²) in [5.74, 6) is -2.26. The van der Waals surface area contributed by atoms with Gasteiger partial charge < -0.3 is 15.0 Å². The maximum absolute atomic E-state index is 13.6. The first-order chi connectivity index (χ1) is 11.4. The van der Waals surface area contributed by atoms with Crippen molar-refractivity contribution in [2.45, 2.75) is 13.0 Å². The van der Waals surface area contributed by atoms with Gasteiger partial charge in [0.05, 0.1) is 5.69 Å². The molecule has 0 fully saturated rings. The summed E-state index contributed by atoms with van der Waals surface area (Å²) in [5, 5.41) is 2.21. The molecule has 0 saturated carbocycles. The van der Waals surface area contributed by atoms with Crippen molar-refractivity contribution in [1.29, 1.82) is 0 Å². The van der Waals surface area contributed by atoms with E-state index < -0.39 is 29.3 Å². The number of nitrogens with one attached hydrogen (secondary N) is 1. The first-order valence-corrected chi connectivity index (χ1v) is 7.22. The molecule has 1 aliphatic rings. The monoisotopic (exact) mass is 332 g/mol. The van der Waals surface area contributed by atoms with E-state index in [2.05, 4.69) is 5.32 Å². The Kier molecular flexibility index (Phi) is 3.92. The van der Waals surface area contributed by atoms with Gasteiger partial charge in [-0.1, -0.05) is 6.07 Å². The lowest BCUT2D eigenvalue weighted by Gasteiger charge is -2.30. The highest BCUT2D eigenvalue weighted by Gasteiger charge is 2.29. The molecule has 2 aromatic carbocycles. The van der Waals surface area contributed by atoms with Crippen molar-refractivity contribution in [2.24, 2.45) is 0 Å². The average Bonchev–Trinajstić information content (AvgIpc) is 2.55. The number of likely N-dealkylation sites (N-methyl/N-ethyl adjacent to an activating group) is 1. The van der Waals surface area contributed by atoms with E-state index in [0.29, 0.717) is 11.4 Å². The van der Waals surface area contributed by atoms with Gasteiger partial charge in [-0.3, -0.25) is 9.59 Å². The lowest BCUT2D eigenvalue weighted by Crippen LogP contribution is -2.42. The van der Waals surface area contributed by atoms with Crippen LogP contribution in [0.25, 0.3) is 0 Å². The summed E-state index contributed by atoms with van der Waals surface area (Å²) in [6, 6.07) is 7.75. The molecule has 1 heterocycles. The Labute approximate surface area is 136 Å². The largest absolute Gasteiger partial charge is 0.479 e. The first-order valence-electron chi connectivity index (χ1n) is 7.22. The van der Waals surface area contributed by atoms with Gasteiger partial charge in [-0.05, 0) is 37.3 Å². The van der Waals surface area contributed by atoms with Crippen molar-refractivity contribution in [3.05, 3.63) is 53.6 Å². The minimum absolute atomic E-state index is 0.159. The molecule has 5 nitrogen and oxygen atoms in total. The van der Waals surface area contributed by atoms with Crippen LogP contribution in [0.5, 0.6) is 5.75 Å². The molecule has 1 atom stereocenters. The molecule has 24 heavy (non-hydrogen) atoms. The second-order valence-corrected chi connectivity index (χ2v) is 5.39. The number of anilines is 2. The minimum atomic E-state index is -0.864. The van der Waals surface area contributed by atoms with E-state index in [1.807, 2.05) is 0 Å². The fraction of sp³-hybridized carbons (Fsp3) is 0.176. The van der Waals surface area contributed by atoms with Gasteiger partial charge >= 0.3 is 0 Å². The van der Waals surface area contributed by atoms with Gasteiger partial charge in [-0.25, -0.2) is 8.78 Å². The molecule has 0 saturated heterocycles. The highest BCUT2D eigenvalue weighted by molar-refractivity contribution is 6.06. The minimum Gasteiger partial charge on any atom is -0.479 e. The van der Waals surface area contributed by atoms with Crippen molar-refractivity contribution in [3.63, 3.8) is 0 Å². The highest BCUT2D eigenvalue weighted by Crippen LogP contribution is 2.34. The van der Waals surface area contributed by atoms with E-state index in [4.69, 9.17) is 4.74 Å². The predicted molar refractivity (Wildman–Crippen MR) is 84.3 cm³/mol. The van der Waals surface area contributed by atoms with Gasteiger partial charge in [0, 0.05) is 12.6 Å². The number of para-hydroxylation sites is 1. The van der Waals surface area contributed by atoms with Gasteiger partial charge in [0.2, 0.25) is 0 Å². The zero-order valence-electron chi connectivity index (χ0n) is 13.0. The van der Waals surface area contributed by atoms with Crippen molar-refractivity contribution < 1.29 is 23.1 Å². The fourth-order valence-corrected chi connectivity index (χ4v) is 2.46. The number of ether oxygens (including phenoxy) is 1. The molecule has 0 aromatic heterocycles. The predicted octanol–water partition coefficient (Wildman–Crippen LogP) is 2.96. The van der Waals surface area contributed by atoms with Crippen LogP contribution in [0.3, 0.4) is 0 Å². The summed E-state index contributed by atoms with van der Waals surface area (Å²) < 4.78 is 32.7. The van der Waals surface area contributed by atoms with Crippen LogP contribution in [0, 0.1) is 11.6 Å². The van der Waals surface area contributed by atoms with Gasteiger partial charge in [-0.2, -0.15) is 0 Å². The molecule has 1 N–H and O–H groups in total. The van der Waals surface area contributed by atoms with Crippen LogP contribution in [-0.4, -0.2) is 25.0 Å². The van der Waals surface area contributed by atoms with Gasteiger partial charge in [0.1, 0.15) is 23.1 Å². The van der Waals surface area contributed by atoms with Gasteiger partial charge in [0.25, 0.3) is 11.8 Å². The Bertz CT molecular complexity index is 818. The van der Waals surface area contributed by atoms with E-state index in [1.165, 1.54) is 23.1 Å². The lowest BCUT2D eigenvalue weighted by molar-refractivity contribution is -0.125.